The monoisotopic (exact) mass is 190 g/mol. The molecule has 1 unspecified atom stereocenters. The molecular weight excluding hydrogens is 176 g/mol. The van der Waals surface area contributed by atoms with Crippen molar-refractivity contribution >= 4 is 9.84 Å². The highest BCUT2D eigenvalue weighted by molar-refractivity contribution is 7.93. The first kappa shape index (κ1) is 8.51. The minimum absolute atomic E-state index is 0.220. The van der Waals surface area contributed by atoms with E-state index >= 15 is 0 Å². The molecule has 0 bridgehead atoms. The molecule has 2 aliphatic heterocycles. The predicted molar refractivity (Wildman–Crippen MR) is 45.7 cm³/mol. The Morgan fingerprint density at radius 3 is 2.33 bits per heavy atom. The molecular formula is C8H14O3S. The van der Waals surface area contributed by atoms with Crippen LogP contribution in [0.5, 0.6) is 0 Å². The summed E-state index contributed by atoms with van der Waals surface area (Å²) < 4.78 is 27.7. The topological polar surface area (TPSA) is 46.7 Å². The van der Waals surface area contributed by atoms with Gasteiger partial charge in [0.25, 0.3) is 0 Å². The molecule has 12 heavy (non-hydrogen) atoms. The number of hydrogen-bond acceptors (Lipinski definition) is 3. The second-order valence-corrected chi connectivity index (χ2v) is 6.88. The van der Waals surface area contributed by atoms with Crippen molar-refractivity contribution in [2.45, 2.75) is 31.1 Å². The summed E-state index contributed by atoms with van der Waals surface area (Å²) in [4.78, 5) is 0. The van der Waals surface area contributed by atoms with Crippen LogP contribution in [-0.4, -0.2) is 31.6 Å². The highest BCUT2D eigenvalue weighted by Crippen LogP contribution is 2.43. The van der Waals surface area contributed by atoms with Crippen LogP contribution < -0.4 is 0 Å². The maximum Gasteiger partial charge on any atom is 0.155 e. The maximum absolute atomic E-state index is 11.6. The number of ether oxygens (including phenoxy) is 1. The zero-order chi connectivity index (χ0) is 8.98. The van der Waals surface area contributed by atoms with E-state index in [9.17, 15) is 8.42 Å². The highest BCUT2D eigenvalue weighted by Gasteiger charge is 2.53. The SMILES string of the molecule is CC1(C)C([C@H]2CO2)CCS1(=O)=O. The van der Waals surface area contributed by atoms with Gasteiger partial charge < -0.3 is 4.74 Å². The largest absolute Gasteiger partial charge is 0.373 e. The first-order chi connectivity index (χ1) is 5.45. The average molecular weight is 190 g/mol. The quantitative estimate of drug-likeness (QED) is 0.569. The van der Waals surface area contributed by atoms with Gasteiger partial charge in [0.05, 0.1) is 23.2 Å². The number of sulfone groups is 1. The summed E-state index contributed by atoms with van der Waals surface area (Å²) in [5.74, 6) is 0.562. The van der Waals surface area contributed by atoms with Gasteiger partial charge in [-0.1, -0.05) is 0 Å². The predicted octanol–water partition coefficient (Wildman–Crippen LogP) is 0.599. The van der Waals surface area contributed by atoms with Gasteiger partial charge in [0, 0.05) is 5.92 Å². The molecule has 0 spiro atoms. The molecule has 0 N–H and O–H groups in total. The lowest BCUT2D eigenvalue weighted by Gasteiger charge is -2.23. The molecule has 2 rings (SSSR count). The third-order valence-electron chi connectivity index (χ3n) is 3.20. The minimum atomic E-state index is -2.86. The second kappa shape index (κ2) is 2.23. The Morgan fingerprint density at radius 1 is 1.42 bits per heavy atom. The van der Waals surface area contributed by atoms with E-state index in [1.807, 2.05) is 13.8 Å². The minimum Gasteiger partial charge on any atom is -0.373 e. The zero-order valence-electron chi connectivity index (χ0n) is 7.41. The summed E-state index contributed by atoms with van der Waals surface area (Å²) >= 11 is 0. The van der Waals surface area contributed by atoms with Gasteiger partial charge in [-0.15, -0.1) is 0 Å². The third-order valence-corrected chi connectivity index (χ3v) is 5.88. The van der Waals surface area contributed by atoms with Gasteiger partial charge in [-0.3, -0.25) is 0 Å². The van der Waals surface area contributed by atoms with Crippen LogP contribution >= 0.6 is 0 Å². The third kappa shape index (κ3) is 1.01. The fraction of sp³-hybridized carbons (Fsp3) is 1.00. The van der Waals surface area contributed by atoms with Crippen molar-refractivity contribution in [3.05, 3.63) is 0 Å². The summed E-state index contributed by atoms with van der Waals surface area (Å²) in [5, 5.41) is 0. The molecule has 70 valence electrons. The number of epoxide rings is 1. The van der Waals surface area contributed by atoms with E-state index in [2.05, 4.69) is 0 Å². The molecule has 3 nitrogen and oxygen atoms in total. The Labute approximate surface area is 73.0 Å². The molecule has 0 aromatic heterocycles. The van der Waals surface area contributed by atoms with Gasteiger partial charge in [0.15, 0.2) is 9.84 Å². The van der Waals surface area contributed by atoms with Gasteiger partial charge >= 0.3 is 0 Å². The first-order valence-corrected chi connectivity index (χ1v) is 5.94. The Bertz CT molecular complexity index is 287. The van der Waals surface area contributed by atoms with Crippen molar-refractivity contribution in [1.29, 1.82) is 0 Å². The van der Waals surface area contributed by atoms with Crippen molar-refractivity contribution in [2.75, 3.05) is 12.4 Å². The lowest BCUT2D eigenvalue weighted by atomic mass is 9.90. The van der Waals surface area contributed by atoms with Crippen LogP contribution in [0.25, 0.3) is 0 Å². The van der Waals surface area contributed by atoms with Crippen LogP contribution in [0, 0.1) is 5.92 Å². The van der Waals surface area contributed by atoms with Gasteiger partial charge in [0.1, 0.15) is 0 Å². The van der Waals surface area contributed by atoms with E-state index in [4.69, 9.17) is 4.74 Å². The first-order valence-electron chi connectivity index (χ1n) is 4.29. The van der Waals surface area contributed by atoms with E-state index in [1.165, 1.54) is 0 Å². The van der Waals surface area contributed by atoms with Gasteiger partial charge in [-0.25, -0.2) is 8.42 Å². The van der Waals surface area contributed by atoms with E-state index in [0.717, 1.165) is 13.0 Å². The fourth-order valence-corrected chi connectivity index (χ4v) is 3.87. The molecule has 2 heterocycles. The van der Waals surface area contributed by atoms with Crippen molar-refractivity contribution in [3.63, 3.8) is 0 Å². The average Bonchev–Trinajstić information content (AvgIpc) is 2.66. The van der Waals surface area contributed by atoms with Crippen molar-refractivity contribution in [2.24, 2.45) is 5.92 Å². The molecule has 2 atom stereocenters. The van der Waals surface area contributed by atoms with E-state index < -0.39 is 14.6 Å². The lowest BCUT2D eigenvalue weighted by molar-refractivity contribution is 0.292. The van der Waals surface area contributed by atoms with E-state index in [-0.39, 0.29) is 12.0 Å². The standard InChI is InChI=1S/C8H14O3S/c1-8(2)6(7-5-11-7)3-4-12(8,9)10/h6-7H,3-5H2,1-2H3/t6?,7-/m1/s1. The van der Waals surface area contributed by atoms with Gasteiger partial charge in [0.2, 0.25) is 0 Å². The normalized spacial score (nSPS) is 42.8. The number of rotatable bonds is 1. The Morgan fingerprint density at radius 2 is 2.00 bits per heavy atom. The van der Waals surface area contributed by atoms with Crippen LogP contribution in [0.1, 0.15) is 20.3 Å². The molecule has 0 aliphatic carbocycles. The zero-order valence-corrected chi connectivity index (χ0v) is 8.23. The number of hydrogen-bond donors (Lipinski definition) is 0. The van der Waals surface area contributed by atoms with Crippen LogP contribution in [0.4, 0.5) is 0 Å². The van der Waals surface area contributed by atoms with Crippen LogP contribution in [0.3, 0.4) is 0 Å². The van der Waals surface area contributed by atoms with Crippen LogP contribution in [-0.2, 0) is 14.6 Å². The van der Waals surface area contributed by atoms with Crippen molar-refractivity contribution in [3.8, 4) is 0 Å². The molecule has 0 radical (unpaired) electrons. The summed E-state index contributed by atoms with van der Waals surface area (Å²) in [6.45, 7) is 4.40. The maximum atomic E-state index is 11.6. The van der Waals surface area contributed by atoms with Crippen molar-refractivity contribution in [1.82, 2.24) is 0 Å². The second-order valence-electron chi connectivity index (χ2n) is 4.19. The molecule has 2 fully saturated rings. The molecule has 0 saturated carbocycles. The Kier molecular flexibility index (Phi) is 1.58. The summed E-state index contributed by atoms with van der Waals surface area (Å²) in [6.07, 6.45) is 0.997. The van der Waals surface area contributed by atoms with Gasteiger partial charge in [-0.05, 0) is 20.3 Å². The smallest absolute Gasteiger partial charge is 0.155 e. The fourth-order valence-electron chi connectivity index (χ4n) is 2.04. The lowest BCUT2D eigenvalue weighted by Crippen LogP contribution is -2.36. The van der Waals surface area contributed by atoms with Crippen molar-refractivity contribution < 1.29 is 13.2 Å². The van der Waals surface area contributed by atoms with Gasteiger partial charge in [-0.2, -0.15) is 0 Å². The Hall–Kier alpha value is -0.0900. The van der Waals surface area contributed by atoms with E-state index in [1.54, 1.807) is 0 Å². The Balaban J connectivity index is 2.31. The molecule has 0 amide bonds. The highest BCUT2D eigenvalue weighted by atomic mass is 32.2. The molecule has 4 heteroatoms. The molecule has 2 saturated heterocycles. The molecule has 0 aromatic rings. The van der Waals surface area contributed by atoms with E-state index in [0.29, 0.717) is 5.75 Å². The molecule has 2 aliphatic rings. The molecule has 0 aromatic carbocycles. The van der Waals surface area contributed by atoms with Crippen LogP contribution in [0.2, 0.25) is 0 Å². The summed E-state index contributed by atoms with van der Waals surface area (Å²) in [6, 6.07) is 0. The van der Waals surface area contributed by atoms with Crippen LogP contribution in [0.15, 0.2) is 0 Å². The summed E-state index contributed by atoms with van der Waals surface area (Å²) in [7, 11) is -2.86. The summed E-state index contributed by atoms with van der Waals surface area (Å²) in [5.41, 5.74) is 0.